The van der Waals surface area contributed by atoms with E-state index in [4.69, 9.17) is 5.73 Å². The highest BCUT2D eigenvalue weighted by atomic mass is 16.1. The number of primary amides is 1. The predicted octanol–water partition coefficient (Wildman–Crippen LogP) is 0.446. The maximum absolute atomic E-state index is 10.8. The molecule has 1 amide bonds. The van der Waals surface area contributed by atoms with Crippen LogP contribution in [-0.2, 0) is 6.42 Å². The number of nitrogens with zero attached hydrogens (tertiary/aromatic N) is 2. The molecule has 2 N–H and O–H groups in total. The SMILES string of the molecule is CCc1nc(C)ncc1C(N)=O. The number of aromatic nitrogens is 2. The van der Waals surface area contributed by atoms with Gasteiger partial charge in [-0.15, -0.1) is 0 Å². The fraction of sp³-hybridized carbons (Fsp3) is 0.375. The van der Waals surface area contributed by atoms with Crippen LogP contribution in [0.3, 0.4) is 0 Å². The summed E-state index contributed by atoms with van der Waals surface area (Å²) in [7, 11) is 0. The standard InChI is InChI=1S/C8H11N3O/c1-3-7-6(8(9)12)4-10-5(2)11-7/h4H,3H2,1-2H3,(H2,9,12). The van der Waals surface area contributed by atoms with E-state index in [-0.39, 0.29) is 0 Å². The monoisotopic (exact) mass is 165 g/mol. The molecule has 0 aliphatic heterocycles. The lowest BCUT2D eigenvalue weighted by Gasteiger charge is -2.02. The molecule has 0 spiro atoms. The average Bonchev–Trinajstić information content (AvgIpc) is 2.03. The van der Waals surface area contributed by atoms with Crippen molar-refractivity contribution in [3.63, 3.8) is 0 Å². The maximum Gasteiger partial charge on any atom is 0.252 e. The third kappa shape index (κ3) is 1.58. The second-order valence-corrected chi connectivity index (χ2v) is 2.50. The molecule has 1 aromatic rings. The molecule has 0 aromatic carbocycles. The number of carbonyl (C=O) groups excluding carboxylic acids is 1. The summed E-state index contributed by atoms with van der Waals surface area (Å²) in [5, 5.41) is 0. The lowest BCUT2D eigenvalue weighted by atomic mass is 10.2. The normalized spacial score (nSPS) is 9.83. The molecule has 0 bridgehead atoms. The Labute approximate surface area is 70.8 Å². The van der Waals surface area contributed by atoms with E-state index in [2.05, 4.69) is 9.97 Å². The molecule has 12 heavy (non-hydrogen) atoms. The van der Waals surface area contributed by atoms with E-state index in [0.29, 0.717) is 17.8 Å². The van der Waals surface area contributed by atoms with E-state index in [1.54, 1.807) is 6.92 Å². The first-order valence-corrected chi connectivity index (χ1v) is 3.77. The van der Waals surface area contributed by atoms with Crippen molar-refractivity contribution in [2.75, 3.05) is 0 Å². The maximum atomic E-state index is 10.8. The molecule has 0 aliphatic rings. The van der Waals surface area contributed by atoms with Crippen LogP contribution in [0.15, 0.2) is 6.20 Å². The van der Waals surface area contributed by atoms with Crippen LogP contribution in [0.25, 0.3) is 0 Å². The summed E-state index contributed by atoms with van der Waals surface area (Å²) in [5.74, 6) is 0.198. The van der Waals surface area contributed by atoms with Crippen LogP contribution in [0.4, 0.5) is 0 Å². The molecule has 4 heteroatoms. The Hall–Kier alpha value is -1.45. The molecule has 64 valence electrons. The summed E-state index contributed by atoms with van der Waals surface area (Å²) in [4.78, 5) is 18.8. The van der Waals surface area contributed by atoms with Crippen LogP contribution in [-0.4, -0.2) is 15.9 Å². The summed E-state index contributed by atoms with van der Waals surface area (Å²) in [6, 6.07) is 0. The van der Waals surface area contributed by atoms with Crippen molar-refractivity contribution >= 4 is 5.91 Å². The summed E-state index contributed by atoms with van der Waals surface area (Å²) < 4.78 is 0. The van der Waals surface area contributed by atoms with E-state index in [1.807, 2.05) is 6.92 Å². The Kier molecular flexibility index (Phi) is 2.38. The molecule has 1 aromatic heterocycles. The van der Waals surface area contributed by atoms with Gasteiger partial charge in [0.05, 0.1) is 11.3 Å². The van der Waals surface area contributed by atoms with Crippen molar-refractivity contribution in [1.29, 1.82) is 0 Å². The highest BCUT2D eigenvalue weighted by Gasteiger charge is 2.07. The van der Waals surface area contributed by atoms with Crippen LogP contribution >= 0.6 is 0 Å². The zero-order valence-corrected chi connectivity index (χ0v) is 7.16. The van der Waals surface area contributed by atoms with Gasteiger partial charge in [0, 0.05) is 6.20 Å². The Balaban J connectivity index is 3.20. The second kappa shape index (κ2) is 3.30. The lowest BCUT2D eigenvalue weighted by molar-refractivity contribution is 0.0998. The molecular formula is C8H11N3O. The summed E-state index contributed by atoms with van der Waals surface area (Å²) in [6.45, 7) is 3.71. The highest BCUT2D eigenvalue weighted by Crippen LogP contribution is 2.04. The molecule has 1 heterocycles. The first-order chi connectivity index (χ1) is 5.65. The fourth-order valence-corrected chi connectivity index (χ4v) is 0.992. The molecule has 0 atom stereocenters. The minimum absolute atomic E-state index is 0.420. The van der Waals surface area contributed by atoms with Crippen molar-refractivity contribution < 1.29 is 4.79 Å². The number of hydrogen-bond donors (Lipinski definition) is 1. The predicted molar refractivity (Wildman–Crippen MR) is 44.7 cm³/mol. The summed E-state index contributed by atoms with van der Waals surface area (Å²) in [5.41, 5.74) is 6.26. The summed E-state index contributed by atoms with van der Waals surface area (Å²) in [6.07, 6.45) is 2.17. The quantitative estimate of drug-likeness (QED) is 0.691. The van der Waals surface area contributed by atoms with Gasteiger partial charge in [0.2, 0.25) is 0 Å². The number of hydrogen-bond acceptors (Lipinski definition) is 3. The smallest absolute Gasteiger partial charge is 0.252 e. The number of nitrogens with two attached hydrogens (primary N) is 1. The number of rotatable bonds is 2. The van der Waals surface area contributed by atoms with Gasteiger partial charge in [-0.3, -0.25) is 4.79 Å². The van der Waals surface area contributed by atoms with Gasteiger partial charge in [-0.2, -0.15) is 0 Å². The Morgan fingerprint density at radius 2 is 2.33 bits per heavy atom. The second-order valence-electron chi connectivity index (χ2n) is 2.50. The third-order valence-electron chi connectivity index (χ3n) is 1.59. The van der Waals surface area contributed by atoms with Gasteiger partial charge < -0.3 is 5.73 Å². The minimum Gasteiger partial charge on any atom is -0.365 e. The lowest BCUT2D eigenvalue weighted by Crippen LogP contribution is -2.15. The first-order valence-electron chi connectivity index (χ1n) is 3.77. The van der Waals surface area contributed by atoms with Crippen molar-refractivity contribution in [2.45, 2.75) is 20.3 Å². The van der Waals surface area contributed by atoms with Gasteiger partial charge in [0.15, 0.2) is 0 Å². The zero-order chi connectivity index (χ0) is 9.14. The Morgan fingerprint density at radius 3 is 2.83 bits per heavy atom. The Bertz CT molecular complexity index is 309. The van der Waals surface area contributed by atoms with Crippen molar-refractivity contribution in [1.82, 2.24) is 9.97 Å². The van der Waals surface area contributed by atoms with Gasteiger partial charge in [0.25, 0.3) is 5.91 Å². The molecule has 1 rings (SSSR count). The van der Waals surface area contributed by atoms with E-state index < -0.39 is 5.91 Å². The molecule has 4 nitrogen and oxygen atoms in total. The molecule has 0 saturated heterocycles. The van der Waals surface area contributed by atoms with E-state index in [1.165, 1.54) is 6.20 Å². The first kappa shape index (κ1) is 8.64. The van der Waals surface area contributed by atoms with Crippen LogP contribution in [0, 0.1) is 6.92 Å². The number of aryl methyl sites for hydroxylation is 2. The fourth-order valence-electron chi connectivity index (χ4n) is 0.992. The van der Waals surface area contributed by atoms with Crippen LogP contribution in [0.1, 0.15) is 28.8 Å². The minimum atomic E-state index is -0.466. The van der Waals surface area contributed by atoms with E-state index in [0.717, 1.165) is 5.69 Å². The number of carbonyl (C=O) groups is 1. The number of amides is 1. The molecule has 0 fully saturated rings. The summed E-state index contributed by atoms with van der Waals surface area (Å²) >= 11 is 0. The molecule has 0 saturated carbocycles. The van der Waals surface area contributed by atoms with Gasteiger partial charge in [-0.25, -0.2) is 9.97 Å². The van der Waals surface area contributed by atoms with Crippen molar-refractivity contribution in [3.05, 3.63) is 23.3 Å². The highest BCUT2D eigenvalue weighted by molar-refractivity contribution is 5.93. The Morgan fingerprint density at radius 1 is 1.67 bits per heavy atom. The van der Waals surface area contributed by atoms with Crippen LogP contribution in [0.2, 0.25) is 0 Å². The average molecular weight is 165 g/mol. The molecular weight excluding hydrogens is 154 g/mol. The zero-order valence-electron chi connectivity index (χ0n) is 7.16. The van der Waals surface area contributed by atoms with E-state index >= 15 is 0 Å². The third-order valence-corrected chi connectivity index (χ3v) is 1.59. The van der Waals surface area contributed by atoms with Crippen LogP contribution < -0.4 is 5.73 Å². The van der Waals surface area contributed by atoms with Crippen molar-refractivity contribution in [2.24, 2.45) is 5.73 Å². The van der Waals surface area contributed by atoms with Gasteiger partial charge in [-0.05, 0) is 13.3 Å². The molecule has 0 unspecified atom stereocenters. The van der Waals surface area contributed by atoms with Crippen molar-refractivity contribution in [3.8, 4) is 0 Å². The van der Waals surface area contributed by atoms with E-state index in [9.17, 15) is 4.79 Å². The molecule has 0 radical (unpaired) electrons. The van der Waals surface area contributed by atoms with Crippen LogP contribution in [0.5, 0.6) is 0 Å². The van der Waals surface area contributed by atoms with Gasteiger partial charge in [0.1, 0.15) is 5.82 Å². The molecule has 0 aliphatic carbocycles. The topological polar surface area (TPSA) is 68.9 Å². The van der Waals surface area contributed by atoms with Gasteiger partial charge in [-0.1, -0.05) is 6.92 Å². The van der Waals surface area contributed by atoms with Gasteiger partial charge >= 0.3 is 0 Å². The largest absolute Gasteiger partial charge is 0.365 e.